The fourth-order valence-corrected chi connectivity index (χ4v) is 4.30. The van der Waals surface area contributed by atoms with Crippen LogP contribution in [-0.2, 0) is 10.1 Å². The number of hydrogen-bond acceptors (Lipinski definition) is 9. The average Bonchev–Trinajstić information content (AvgIpc) is 3.42. The Bertz CT molecular complexity index is 1530. The van der Waals surface area contributed by atoms with Crippen LogP contribution in [0.25, 0.3) is 28.1 Å². The molecule has 11 nitrogen and oxygen atoms in total. The van der Waals surface area contributed by atoms with Crippen molar-refractivity contribution in [2.45, 2.75) is 11.8 Å². The van der Waals surface area contributed by atoms with Crippen LogP contribution in [0.1, 0.15) is 5.69 Å². The third-order valence-corrected chi connectivity index (χ3v) is 5.85. The molecular weight excluding hydrogens is 428 g/mol. The van der Waals surface area contributed by atoms with Gasteiger partial charge in [0.2, 0.25) is 5.65 Å². The molecule has 0 unspecified atom stereocenters. The standard InChI is InChI=1S/C17H12N8O3S2/c1-9-13(17-21-20-16(25(17)22-9)10-5-3-2-4-6-10)19-18-11-7-8-12(30(26,27)28)15-14(11)23-29-24-15/h2-8,22H,1H3,(H,26,27,28). The van der Waals surface area contributed by atoms with Gasteiger partial charge < -0.3 is 0 Å². The summed E-state index contributed by atoms with van der Waals surface area (Å²) >= 11 is 0.817. The predicted molar refractivity (Wildman–Crippen MR) is 109 cm³/mol. The maximum absolute atomic E-state index is 11.5. The van der Waals surface area contributed by atoms with E-state index in [2.05, 4.69) is 34.3 Å². The number of benzene rings is 2. The molecule has 0 spiro atoms. The number of nitrogens with zero attached hydrogens (tertiary/aromatic N) is 7. The highest BCUT2D eigenvalue weighted by Crippen LogP contribution is 2.33. The van der Waals surface area contributed by atoms with E-state index in [0.29, 0.717) is 22.8 Å². The van der Waals surface area contributed by atoms with Gasteiger partial charge in [0.15, 0.2) is 11.5 Å². The number of azo groups is 1. The summed E-state index contributed by atoms with van der Waals surface area (Å²) in [6, 6.07) is 12.2. The average molecular weight is 440 g/mol. The highest BCUT2D eigenvalue weighted by Gasteiger charge is 2.20. The van der Waals surface area contributed by atoms with Gasteiger partial charge in [0.05, 0.1) is 17.4 Å². The van der Waals surface area contributed by atoms with E-state index in [-0.39, 0.29) is 15.9 Å². The quantitative estimate of drug-likeness (QED) is 0.319. The Balaban J connectivity index is 1.60. The minimum Gasteiger partial charge on any atom is -0.293 e. The molecule has 2 aromatic carbocycles. The molecule has 0 amide bonds. The van der Waals surface area contributed by atoms with E-state index < -0.39 is 10.1 Å². The Morgan fingerprint density at radius 1 is 1.03 bits per heavy atom. The van der Waals surface area contributed by atoms with Crippen molar-refractivity contribution in [3.63, 3.8) is 0 Å². The molecule has 0 saturated carbocycles. The Hall–Kier alpha value is -3.55. The van der Waals surface area contributed by atoms with E-state index in [4.69, 9.17) is 0 Å². The van der Waals surface area contributed by atoms with Gasteiger partial charge in [-0.25, -0.2) is 4.52 Å². The molecule has 13 heteroatoms. The SMILES string of the molecule is Cc1[nH]n2c(-c3ccccc3)nnc2c1N=Nc1ccc(S(=O)(=O)O)c2nsnc12. The van der Waals surface area contributed by atoms with Crippen LogP contribution in [0, 0.1) is 6.92 Å². The van der Waals surface area contributed by atoms with Gasteiger partial charge in [0.25, 0.3) is 10.1 Å². The van der Waals surface area contributed by atoms with Crippen LogP contribution < -0.4 is 0 Å². The van der Waals surface area contributed by atoms with E-state index in [9.17, 15) is 13.0 Å². The molecule has 5 rings (SSSR count). The molecule has 0 atom stereocenters. The zero-order valence-electron chi connectivity index (χ0n) is 15.3. The smallest absolute Gasteiger partial charge is 0.293 e. The lowest BCUT2D eigenvalue weighted by molar-refractivity contribution is 0.484. The first-order valence-electron chi connectivity index (χ1n) is 8.57. The van der Waals surface area contributed by atoms with E-state index in [1.165, 1.54) is 12.1 Å². The fourth-order valence-electron chi connectivity index (χ4n) is 3.05. The molecular formula is C17H12N8O3S2. The van der Waals surface area contributed by atoms with Crippen molar-refractivity contribution in [3.8, 4) is 11.4 Å². The topological polar surface area (TPSA) is 151 Å². The second-order valence-electron chi connectivity index (χ2n) is 6.35. The van der Waals surface area contributed by atoms with Gasteiger partial charge in [-0.1, -0.05) is 30.3 Å². The van der Waals surface area contributed by atoms with Gasteiger partial charge in [0, 0.05) is 5.56 Å². The van der Waals surface area contributed by atoms with Gasteiger partial charge in [-0.3, -0.25) is 9.65 Å². The normalized spacial score (nSPS) is 12.5. The second-order valence-corrected chi connectivity index (χ2v) is 8.27. The van der Waals surface area contributed by atoms with Crippen LogP contribution in [0.15, 0.2) is 57.6 Å². The number of aromatic amines is 1. The zero-order valence-corrected chi connectivity index (χ0v) is 16.9. The third-order valence-electron chi connectivity index (χ3n) is 4.43. The summed E-state index contributed by atoms with van der Waals surface area (Å²) in [5.41, 5.74) is 3.19. The predicted octanol–water partition coefficient (Wildman–Crippen LogP) is 3.70. The van der Waals surface area contributed by atoms with Crippen molar-refractivity contribution in [1.82, 2.24) is 28.6 Å². The maximum atomic E-state index is 11.5. The Morgan fingerprint density at radius 2 is 1.80 bits per heavy atom. The van der Waals surface area contributed by atoms with Crippen molar-refractivity contribution in [3.05, 3.63) is 48.2 Å². The highest BCUT2D eigenvalue weighted by atomic mass is 32.2. The summed E-state index contributed by atoms with van der Waals surface area (Å²) in [7, 11) is -4.43. The van der Waals surface area contributed by atoms with Crippen LogP contribution in [-0.4, -0.2) is 41.5 Å². The largest absolute Gasteiger partial charge is 0.296 e. The minimum atomic E-state index is -4.43. The monoisotopic (exact) mass is 440 g/mol. The lowest BCUT2D eigenvalue weighted by atomic mass is 10.2. The molecule has 0 radical (unpaired) electrons. The molecule has 150 valence electrons. The van der Waals surface area contributed by atoms with Gasteiger partial charge in [-0.2, -0.15) is 17.2 Å². The van der Waals surface area contributed by atoms with Crippen LogP contribution in [0.5, 0.6) is 0 Å². The number of hydrogen-bond donors (Lipinski definition) is 2. The van der Waals surface area contributed by atoms with Gasteiger partial charge >= 0.3 is 0 Å². The summed E-state index contributed by atoms with van der Waals surface area (Å²) in [6.07, 6.45) is 0. The van der Waals surface area contributed by atoms with Gasteiger partial charge in [0.1, 0.15) is 21.6 Å². The molecule has 30 heavy (non-hydrogen) atoms. The number of H-pyrrole nitrogens is 1. The summed E-state index contributed by atoms with van der Waals surface area (Å²) in [5.74, 6) is 0.638. The molecule has 3 aromatic heterocycles. The fraction of sp³-hybridized carbons (Fsp3) is 0.0588. The molecule has 0 aliphatic carbocycles. The molecule has 0 bridgehead atoms. The third kappa shape index (κ3) is 2.96. The number of rotatable bonds is 4. The van der Waals surface area contributed by atoms with Crippen molar-refractivity contribution >= 4 is 49.9 Å². The molecule has 0 aliphatic heterocycles. The Morgan fingerprint density at radius 3 is 2.57 bits per heavy atom. The maximum Gasteiger partial charge on any atom is 0.296 e. The molecule has 3 heterocycles. The van der Waals surface area contributed by atoms with Crippen molar-refractivity contribution in [2.24, 2.45) is 10.2 Å². The van der Waals surface area contributed by atoms with E-state index >= 15 is 0 Å². The van der Waals surface area contributed by atoms with Crippen LogP contribution in [0.3, 0.4) is 0 Å². The Kier molecular flexibility index (Phi) is 4.16. The molecule has 0 saturated heterocycles. The molecule has 5 aromatic rings. The highest BCUT2D eigenvalue weighted by molar-refractivity contribution is 7.86. The van der Waals surface area contributed by atoms with Crippen molar-refractivity contribution < 1.29 is 13.0 Å². The molecule has 0 fully saturated rings. The zero-order chi connectivity index (χ0) is 20.9. The minimum absolute atomic E-state index is 0.0451. The number of aromatic nitrogens is 6. The number of fused-ring (bicyclic) bond motifs is 2. The first-order valence-corrected chi connectivity index (χ1v) is 10.7. The van der Waals surface area contributed by atoms with E-state index in [1.54, 1.807) is 4.52 Å². The number of nitrogens with one attached hydrogen (secondary N) is 1. The van der Waals surface area contributed by atoms with Gasteiger partial charge in [-0.05, 0) is 19.1 Å². The van der Waals surface area contributed by atoms with E-state index in [1.807, 2.05) is 37.3 Å². The van der Waals surface area contributed by atoms with Gasteiger partial charge in [-0.15, -0.1) is 20.4 Å². The second kappa shape index (κ2) is 6.76. The summed E-state index contributed by atoms with van der Waals surface area (Å²) in [4.78, 5) is -0.324. The Labute approximate surface area is 173 Å². The van der Waals surface area contributed by atoms with E-state index in [0.717, 1.165) is 23.0 Å². The van der Waals surface area contributed by atoms with Crippen LogP contribution >= 0.6 is 11.7 Å². The van der Waals surface area contributed by atoms with Crippen molar-refractivity contribution in [2.75, 3.05) is 0 Å². The molecule has 0 aliphatic rings. The molecule has 2 N–H and O–H groups in total. The summed E-state index contributed by atoms with van der Waals surface area (Å²) < 4.78 is 42.2. The summed E-state index contributed by atoms with van der Waals surface area (Å²) in [6.45, 7) is 1.83. The van der Waals surface area contributed by atoms with Crippen LogP contribution in [0.2, 0.25) is 0 Å². The lowest BCUT2D eigenvalue weighted by Gasteiger charge is -1.99. The van der Waals surface area contributed by atoms with Crippen LogP contribution in [0.4, 0.5) is 11.4 Å². The van der Waals surface area contributed by atoms with Crippen molar-refractivity contribution in [1.29, 1.82) is 0 Å². The lowest BCUT2D eigenvalue weighted by Crippen LogP contribution is -1.98. The first-order chi connectivity index (χ1) is 14.4. The number of aryl methyl sites for hydroxylation is 1. The first kappa shape index (κ1) is 18.5. The summed E-state index contributed by atoms with van der Waals surface area (Å²) in [5, 5.41) is 20.1.